The van der Waals surface area contributed by atoms with Crippen molar-refractivity contribution in [3.8, 4) is 10.9 Å². The van der Waals surface area contributed by atoms with Crippen molar-refractivity contribution in [2.45, 2.75) is 20.3 Å². The predicted octanol–water partition coefficient (Wildman–Crippen LogP) is 2.97. The fraction of sp³-hybridized carbons (Fsp3) is 0.231. The summed E-state index contributed by atoms with van der Waals surface area (Å²) in [6.07, 6.45) is 0.702. The van der Waals surface area contributed by atoms with Crippen LogP contribution in [0.4, 0.5) is 0 Å². The fourth-order valence-electron chi connectivity index (χ4n) is 1.74. The topological polar surface area (TPSA) is 69.4 Å². The first-order valence-electron chi connectivity index (χ1n) is 6.27. The van der Waals surface area contributed by atoms with E-state index in [4.69, 9.17) is 4.74 Å². The lowest BCUT2D eigenvalue weighted by Gasteiger charge is -2.03. The van der Waals surface area contributed by atoms with Crippen LogP contribution in [-0.4, -0.2) is 19.6 Å². The molecule has 3 heterocycles. The Kier molecular flexibility index (Phi) is 3.73. The lowest BCUT2D eigenvalue weighted by molar-refractivity contribution is 0.463. The van der Waals surface area contributed by atoms with Crippen LogP contribution in [0.2, 0.25) is 0 Å². The number of halogens is 1. The normalized spacial score (nSPS) is 11.0. The molecule has 0 aromatic carbocycles. The maximum atomic E-state index is 11.9. The molecule has 0 radical (unpaired) electrons. The van der Waals surface area contributed by atoms with E-state index in [1.54, 1.807) is 6.07 Å². The van der Waals surface area contributed by atoms with Crippen LogP contribution in [0.25, 0.3) is 4.96 Å². The van der Waals surface area contributed by atoms with Crippen LogP contribution in [0.15, 0.2) is 27.6 Å². The third kappa shape index (κ3) is 2.81. The van der Waals surface area contributed by atoms with Gasteiger partial charge in [0, 0.05) is 17.5 Å². The van der Waals surface area contributed by atoms with E-state index in [1.165, 1.54) is 21.9 Å². The van der Waals surface area contributed by atoms with Crippen LogP contribution in [0.5, 0.6) is 10.9 Å². The van der Waals surface area contributed by atoms with Crippen LogP contribution in [-0.2, 0) is 6.42 Å². The molecule has 3 aromatic rings. The van der Waals surface area contributed by atoms with Crippen LogP contribution in [0.3, 0.4) is 0 Å². The highest BCUT2D eigenvalue weighted by Gasteiger charge is 2.12. The first-order chi connectivity index (χ1) is 10.1. The zero-order valence-electron chi connectivity index (χ0n) is 11.3. The van der Waals surface area contributed by atoms with Crippen LogP contribution in [0.1, 0.15) is 18.3 Å². The van der Waals surface area contributed by atoms with E-state index in [0.29, 0.717) is 26.9 Å². The van der Waals surface area contributed by atoms with E-state index < -0.39 is 0 Å². The zero-order chi connectivity index (χ0) is 15.0. The van der Waals surface area contributed by atoms with E-state index in [9.17, 15) is 4.79 Å². The highest BCUT2D eigenvalue weighted by molar-refractivity contribution is 9.10. The highest BCUT2D eigenvalue weighted by atomic mass is 79.9. The van der Waals surface area contributed by atoms with Gasteiger partial charge in [0.05, 0.1) is 0 Å². The largest absolute Gasteiger partial charge is 0.427 e. The Morgan fingerprint density at radius 1 is 1.38 bits per heavy atom. The molecule has 0 bridgehead atoms. The van der Waals surface area contributed by atoms with Crippen LogP contribution in [0, 0.1) is 6.92 Å². The average molecular weight is 367 g/mol. The van der Waals surface area contributed by atoms with E-state index in [0.717, 1.165) is 11.4 Å². The maximum absolute atomic E-state index is 11.9. The number of aromatic nitrogens is 4. The minimum Gasteiger partial charge on any atom is -0.427 e. The summed E-state index contributed by atoms with van der Waals surface area (Å²) in [5, 5.41) is 4.48. The first kappa shape index (κ1) is 14.2. The Morgan fingerprint density at radius 3 is 2.90 bits per heavy atom. The first-order valence-corrected chi connectivity index (χ1v) is 7.88. The number of ether oxygens (including phenoxy) is 1. The molecule has 0 saturated carbocycles. The van der Waals surface area contributed by atoms with Gasteiger partial charge < -0.3 is 4.74 Å². The summed E-state index contributed by atoms with van der Waals surface area (Å²) in [4.78, 5) is 21.1. The van der Waals surface area contributed by atoms with Crippen molar-refractivity contribution in [2.24, 2.45) is 0 Å². The summed E-state index contributed by atoms with van der Waals surface area (Å²) in [5.74, 6) is 0.545. The zero-order valence-corrected chi connectivity index (χ0v) is 13.7. The molecule has 0 unspecified atom stereocenters. The van der Waals surface area contributed by atoms with Gasteiger partial charge in [-0.15, -0.1) is 5.10 Å². The van der Waals surface area contributed by atoms with Gasteiger partial charge in [-0.25, -0.2) is 9.97 Å². The Hall–Kier alpha value is -1.80. The van der Waals surface area contributed by atoms with Crippen LogP contribution >= 0.6 is 27.3 Å². The molecule has 0 amide bonds. The van der Waals surface area contributed by atoms with Crippen molar-refractivity contribution in [3.63, 3.8) is 0 Å². The summed E-state index contributed by atoms with van der Waals surface area (Å²) >= 11 is 4.56. The number of pyridine rings is 1. The standard InChI is InChI=1S/C13H11BrN4O2S/c1-3-8-6-10(19)18-12(16-8)21-13(17-18)20-9-5-4-7(2)15-11(9)14/h4-6H,3H2,1-2H3. The Labute approximate surface area is 132 Å². The number of hydrogen-bond acceptors (Lipinski definition) is 6. The van der Waals surface area contributed by atoms with Gasteiger partial charge in [-0.05, 0) is 52.7 Å². The summed E-state index contributed by atoms with van der Waals surface area (Å²) in [5.41, 5.74) is 1.42. The molecule has 8 heteroatoms. The number of nitrogens with zero attached hydrogens (tertiary/aromatic N) is 4. The molecular formula is C13H11BrN4O2S. The lowest BCUT2D eigenvalue weighted by Crippen LogP contribution is -2.14. The Bertz CT molecular complexity index is 874. The molecule has 3 rings (SSSR count). The molecule has 3 aromatic heterocycles. The van der Waals surface area contributed by atoms with Crippen molar-refractivity contribution in [1.82, 2.24) is 19.6 Å². The molecule has 0 spiro atoms. The number of fused-ring (bicyclic) bond motifs is 1. The number of hydrogen-bond donors (Lipinski definition) is 0. The number of aryl methyl sites for hydroxylation is 2. The van der Waals surface area contributed by atoms with E-state index in [1.807, 2.05) is 19.9 Å². The Morgan fingerprint density at radius 2 is 2.19 bits per heavy atom. The minimum absolute atomic E-state index is 0.205. The van der Waals surface area contributed by atoms with Gasteiger partial charge >= 0.3 is 0 Å². The SMILES string of the molecule is CCc1cc(=O)n2nc(Oc3ccc(C)nc3Br)sc2n1. The predicted molar refractivity (Wildman–Crippen MR) is 83.3 cm³/mol. The highest BCUT2D eigenvalue weighted by Crippen LogP contribution is 2.30. The molecule has 108 valence electrons. The smallest absolute Gasteiger partial charge is 0.300 e. The van der Waals surface area contributed by atoms with Crippen molar-refractivity contribution >= 4 is 32.2 Å². The van der Waals surface area contributed by atoms with Gasteiger partial charge in [-0.3, -0.25) is 4.79 Å². The van der Waals surface area contributed by atoms with Gasteiger partial charge in [0.2, 0.25) is 4.96 Å². The minimum atomic E-state index is -0.205. The second-order valence-electron chi connectivity index (χ2n) is 4.35. The molecule has 0 fully saturated rings. The molecule has 0 aliphatic rings. The second kappa shape index (κ2) is 5.53. The van der Waals surface area contributed by atoms with Crippen molar-refractivity contribution in [2.75, 3.05) is 0 Å². The molecule has 21 heavy (non-hydrogen) atoms. The monoisotopic (exact) mass is 366 g/mol. The molecule has 0 N–H and O–H groups in total. The van der Waals surface area contributed by atoms with Crippen molar-refractivity contribution in [1.29, 1.82) is 0 Å². The molecule has 0 atom stereocenters. The Balaban J connectivity index is 2.01. The molecule has 0 aliphatic heterocycles. The fourth-order valence-corrected chi connectivity index (χ4v) is 3.03. The van der Waals surface area contributed by atoms with Gasteiger partial charge in [0.15, 0.2) is 5.75 Å². The third-order valence-electron chi connectivity index (χ3n) is 2.79. The summed E-state index contributed by atoms with van der Waals surface area (Å²) in [6, 6.07) is 5.12. The van der Waals surface area contributed by atoms with E-state index in [-0.39, 0.29) is 5.56 Å². The summed E-state index contributed by atoms with van der Waals surface area (Å²) in [6.45, 7) is 3.84. The molecular weight excluding hydrogens is 356 g/mol. The van der Waals surface area contributed by atoms with Gasteiger partial charge in [0.25, 0.3) is 10.8 Å². The quantitative estimate of drug-likeness (QED) is 0.666. The van der Waals surface area contributed by atoms with Gasteiger partial charge in [-0.2, -0.15) is 4.52 Å². The average Bonchev–Trinajstić information content (AvgIpc) is 2.85. The van der Waals surface area contributed by atoms with E-state index in [2.05, 4.69) is 31.0 Å². The molecule has 0 saturated heterocycles. The summed E-state index contributed by atoms with van der Waals surface area (Å²) in [7, 11) is 0. The van der Waals surface area contributed by atoms with E-state index >= 15 is 0 Å². The van der Waals surface area contributed by atoms with Crippen LogP contribution < -0.4 is 10.3 Å². The molecule has 6 nitrogen and oxygen atoms in total. The lowest BCUT2D eigenvalue weighted by atomic mass is 10.3. The maximum Gasteiger partial charge on any atom is 0.300 e. The van der Waals surface area contributed by atoms with Gasteiger partial charge in [-0.1, -0.05) is 6.92 Å². The van der Waals surface area contributed by atoms with Crippen molar-refractivity contribution < 1.29 is 4.74 Å². The van der Waals surface area contributed by atoms with Crippen molar-refractivity contribution in [3.05, 3.63) is 44.5 Å². The number of rotatable bonds is 3. The van der Waals surface area contributed by atoms with Gasteiger partial charge in [0.1, 0.15) is 4.60 Å². The molecule has 0 aliphatic carbocycles. The second-order valence-corrected chi connectivity index (χ2v) is 6.01. The third-order valence-corrected chi connectivity index (χ3v) is 4.15. The summed E-state index contributed by atoms with van der Waals surface area (Å²) < 4.78 is 7.51.